The van der Waals surface area contributed by atoms with E-state index in [2.05, 4.69) is 53.0 Å². The molecule has 0 saturated carbocycles. The Balaban J connectivity index is 1.85. The Morgan fingerprint density at radius 3 is 2.26 bits per heavy atom. The third kappa shape index (κ3) is 6.44. The smallest absolute Gasteiger partial charge is 0.226 e. The number of aryl methyl sites for hydroxylation is 2. The van der Waals surface area contributed by atoms with Crippen LogP contribution < -0.4 is 16.0 Å². The Morgan fingerprint density at radius 2 is 1.67 bits per heavy atom. The Morgan fingerprint density at radius 1 is 1.00 bits per heavy atom. The van der Waals surface area contributed by atoms with Crippen LogP contribution in [0.5, 0.6) is 0 Å². The fraction of sp³-hybridized carbons (Fsp3) is 0.364. The van der Waals surface area contributed by atoms with E-state index in [1.807, 2.05) is 38.1 Å². The van der Waals surface area contributed by atoms with Crippen LogP contribution >= 0.6 is 0 Å². The van der Waals surface area contributed by atoms with Crippen molar-refractivity contribution >= 4 is 17.6 Å². The number of anilines is 1. The average molecular weight is 367 g/mol. The number of aliphatic imine (C=N–C) groups is 1. The average Bonchev–Trinajstić information content (AvgIpc) is 2.64. The van der Waals surface area contributed by atoms with E-state index in [1.54, 1.807) is 7.05 Å². The van der Waals surface area contributed by atoms with Crippen LogP contribution in [0.1, 0.15) is 36.1 Å². The normalized spacial score (nSPS) is 11.4. The van der Waals surface area contributed by atoms with Crippen molar-refractivity contribution in [1.29, 1.82) is 0 Å². The monoisotopic (exact) mass is 366 g/mol. The third-order valence-electron chi connectivity index (χ3n) is 4.37. The second kappa shape index (κ2) is 9.76. The molecule has 144 valence electrons. The molecule has 0 aliphatic heterocycles. The molecule has 1 amide bonds. The quantitative estimate of drug-likeness (QED) is 0.539. The van der Waals surface area contributed by atoms with Gasteiger partial charge in [-0.25, -0.2) is 0 Å². The van der Waals surface area contributed by atoms with E-state index in [0.717, 1.165) is 23.8 Å². The van der Waals surface area contributed by atoms with E-state index < -0.39 is 0 Å². The van der Waals surface area contributed by atoms with Gasteiger partial charge >= 0.3 is 0 Å². The molecule has 0 spiro atoms. The van der Waals surface area contributed by atoms with Crippen LogP contribution in [0.25, 0.3) is 0 Å². The molecular formula is C22H30N4O. The molecule has 0 aliphatic rings. The SMILES string of the molecule is CN=C(NCc1ccc(NC(=O)C(C)C)cc1)NCc1ccc(C)cc1C. The molecule has 0 fully saturated rings. The minimum atomic E-state index is -0.0297. The molecular weight excluding hydrogens is 336 g/mol. The van der Waals surface area contributed by atoms with E-state index in [4.69, 9.17) is 0 Å². The molecule has 2 rings (SSSR count). The number of amides is 1. The number of hydrogen-bond acceptors (Lipinski definition) is 2. The van der Waals surface area contributed by atoms with E-state index in [-0.39, 0.29) is 11.8 Å². The van der Waals surface area contributed by atoms with E-state index in [0.29, 0.717) is 6.54 Å². The lowest BCUT2D eigenvalue weighted by atomic mass is 10.1. The first-order valence-corrected chi connectivity index (χ1v) is 9.29. The lowest BCUT2D eigenvalue weighted by molar-refractivity contribution is -0.118. The van der Waals surface area contributed by atoms with Gasteiger partial charge in [0.15, 0.2) is 5.96 Å². The largest absolute Gasteiger partial charge is 0.352 e. The molecule has 5 nitrogen and oxygen atoms in total. The standard InChI is InChI=1S/C22H30N4O/c1-15(2)21(27)26-20-10-7-18(8-11-20)13-24-22(23-5)25-14-19-9-6-16(3)12-17(19)4/h6-12,15H,13-14H2,1-5H3,(H,26,27)(H2,23,24,25). The summed E-state index contributed by atoms with van der Waals surface area (Å²) in [5.41, 5.74) is 5.74. The van der Waals surface area contributed by atoms with Crippen molar-refractivity contribution < 1.29 is 4.79 Å². The molecule has 0 aromatic heterocycles. The summed E-state index contributed by atoms with van der Waals surface area (Å²) in [5.74, 6) is 0.752. The molecule has 3 N–H and O–H groups in total. The molecule has 2 aromatic rings. The summed E-state index contributed by atoms with van der Waals surface area (Å²) in [6.45, 7) is 9.37. The highest BCUT2D eigenvalue weighted by Crippen LogP contribution is 2.11. The molecule has 0 atom stereocenters. The predicted octanol–water partition coefficient (Wildman–Crippen LogP) is 3.76. The fourth-order valence-electron chi connectivity index (χ4n) is 2.62. The highest BCUT2D eigenvalue weighted by Gasteiger charge is 2.07. The van der Waals surface area contributed by atoms with Gasteiger partial charge in [0.2, 0.25) is 5.91 Å². The summed E-state index contributed by atoms with van der Waals surface area (Å²) in [6.07, 6.45) is 0. The Bertz CT molecular complexity index is 794. The number of carbonyl (C=O) groups excluding carboxylic acids is 1. The van der Waals surface area contributed by atoms with Crippen molar-refractivity contribution in [3.8, 4) is 0 Å². The summed E-state index contributed by atoms with van der Waals surface area (Å²) < 4.78 is 0. The Kier molecular flexibility index (Phi) is 7.41. The van der Waals surface area contributed by atoms with Crippen molar-refractivity contribution in [3.05, 3.63) is 64.7 Å². The molecule has 5 heteroatoms. The first-order chi connectivity index (χ1) is 12.9. The minimum absolute atomic E-state index is 0.0249. The van der Waals surface area contributed by atoms with Gasteiger partial charge < -0.3 is 16.0 Å². The van der Waals surface area contributed by atoms with Crippen LogP contribution in [-0.2, 0) is 17.9 Å². The van der Waals surface area contributed by atoms with Crippen molar-refractivity contribution in [2.24, 2.45) is 10.9 Å². The van der Waals surface area contributed by atoms with Crippen LogP contribution in [0.2, 0.25) is 0 Å². The van der Waals surface area contributed by atoms with Gasteiger partial charge in [-0.1, -0.05) is 49.7 Å². The summed E-state index contributed by atoms with van der Waals surface area (Å²) in [6, 6.07) is 14.3. The molecule has 0 saturated heterocycles. The van der Waals surface area contributed by atoms with E-state index in [9.17, 15) is 4.79 Å². The number of hydrogen-bond donors (Lipinski definition) is 3. The minimum Gasteiger partial charge on any atom is -0.352 e. The predicted molar refractivity (Wildman–Crippen MR) is 113 cm³/mol. The lowest BCUT2D eigenvalue weighted by Gasteiger charge is -2.14. The summed E-state index contributed by atoms with van der Waals surface area (Å²) in [7, 11) is 1.77. The number of nitrogens with zero attached hydrogens (tertiary/aromatic N) is 1. The van der Waals surface area contributed by atoms with Crippen molar-refractivity contribution in [2.45, 2.75) is 40.8 Å². The van der Waals surface area contributed by atoms with Gasteiger partial charge in [0.05, 0.1) is 0 Å². The van der Waals surface area contributed by atoms with Gasteiger partial charge in [-0.2, -0.15) is 0 Å². The van der Waals surface area contributed by atoms with Crippen molar-refractivity contribution in [2.75, 3.05) is 12.4 Å². The number of rotatable bonds is 6. The van der Waals surface area contributed by atoms with Crippen LogP contribution in [0.15, 0.2) is 47.5 Å². The number of guanidine groups is 1. The number of benzene rings is 2. The number of carbonyl (C=O) groups is 1. The maximum absolute atomic E-state index is 11.7. The van der Waals surface area contributed by atoms with E-state index in [1.165, 1.54) is 16.7 Å². The van der Waals surface area contributed by atoms with Gasteiger partial charge in [0, 0.05) is 31.7 Å². The molecule has 0 aliphatic carbocycles. The maximum Gasteiger partial charge on any atom is 0.226 e. The molecule has 0 unspecified atom stereocenters. The van der Waals surface area contributed by atoms with Crippen LogP contribution in [0, 0.1) is 19.8 Å². The first kappa shape index (κ1) is 20.5. The van der Waals surface area contributed by atoms with Crippen molar-refractivity contribution in [3.63, 3.8) is 0 Å². The van der Waals surface area contributed by atoms with Crippen LogP contribution in [0.4, 0.5) is 5.69 Å². The Hall–Kier alpha value is -2.82. The van der Waals surface area contributed by atoms with Crippen molar-refractivity contribution in [1.82, 2.24) is 10.6 Å². The van der Waals surface area contributed by atoms with Gasteiger partial charge in [-0.3, -0.25) is 9.79 Å². The maximum atomic E-state index is 11.7. The van der Waals surface area contributed by atoms with Crippen LogP contribution in [0.3, 0.4) is 0 Å². The second-order valence-corrected chi connectivity index (χ2v) is 7.05. The number of nitrogens with one attached hydrogen (secondary N) is 3. The molecule has 0 heterocycles. The topological polar surface area (TPSA) is 65.5 Å². The Labute approximate surface area is 162 Å². The van der Waals surface area contributed by atoms with Gasteiger partial charge in [-0.05, 0) is 42.7 Å². The second-order valence-electron chi connectivity index (χ2n) is 7.05. The first-order valence-electron chi connectivity index (χ1n) is 9.29. The van der Waals surface area contributed by atoms with Gasteiger partial charge in [0.25, 0.3) is 0 Å². The molecule has 0 bridgehead atoms. The zero-order valence-electron chi connectivity index (χ0n) is 16.9. The fourth-order valence-corrected chi connectivity index (χ4v) is 2.62. The zero-order valence-corrected chi connectivity index (χ0v) is 16.9. The zero-order chi connectivity index (χ0) is 19.8. The highest BCUT2D eigenvalue weighted by atomic mass is 16.1. The lowest BCUT2D eigenvalue weighted by Crippen LogP contribution is -2.36. The molecule has 2 aromatic carbocycles. The highest BCUT2D eigenvalue weighted by molar-refractivity contribution is 5.92. The summed E-state index contributed by atoms with van der Waals surface area (Å²) >= 11 is 0. The third-order valence-corrected chi connectivity index (χ3v) is 4.37. The molecule has 27 heavy (non-hydrogen) atoms. The van der Waals surface area contributed by atoms with E-state index >= 15 is 0 Å². The van der Waals surface area contributed by atoms with Crippen LogP contribution in [-0.4, -0.2) is 18.9 Å². The van der Waals surface area contributed by atoms with Gasteiger partial charge in [-0.15, -0.1) is 0 Å². The summed E-state index contributed by atoms with van der Waals surface area (Å²) in [4.78, 5) is 16.0. The summed E-state index contributed by atoms with van der Waals surface area (Å²) in [5, 5.41) is 9.56. The van der Waals surface area contributed by atoms with Gasteiger partial charge in [0.1, 0.15) is 0 Å². The molecule has 0 radical (unpaired) electrons.